The molecule has 0 radical (unpaired) electrons. The number of likely N-dealkylation sites (tertiary alicyclic amines) is 1. The smallest absolute Gasteiger partial charge is 0.275 e. The second-order valence-electron chi connectivity index (χ2n) is 6.59. The Kier molecular flexibility index (Phi) is 4.42. The fourth-order valence-electron chi connectivity index (χ4n) is 3.10. The van der Waals surface area contributed by atoms with Crippen LogP contribution in [0.25, 0.3) is 0 Å². The SMILES string of the molecule is CN(C)[C@H]1CCN(C(=O)c2coc(COc3ccc4c(c3)OCO4)n2)C1. The number of hydrogen-bond donors (Lipinski definition) is 0. The molecule has 0 saturated carbocycles. The van der Waals surface area contributed by atoms with Gasteiger partial charge in [0.2, 0.25) is 12.7 Å². The molecule has 2 aromatic rings. The Morgan fingerprint density at radius 3 is 3.00 bits per heavy atom. The number of nitrogens with zero attached hydrogens (tertiary/aromatic N) is 3. The Hall–Kier alpha value is -2.74. The van der Waals surface area contributed by atoms with Crippen LogP contribution in [0.15, 0.2) is 28.9 Å². The maximum absolute atomic E-state index is 12.5. The van der Waals surface area contributed by atoms with Crippen LogP contribution in [-0.2, 0) is 6.61 Å². The van der Waals surface area contributed by atoms with Gasteiger partial charge >= 0.3 is 0 Å². The molecule has 1 fully saturated rings. The third kappa shape index (κ3) is 3.32. The summed E-state index contributed by atoms with van der Waals surface area (Å²) in [5.41, 5.74) is 0.314. The van der Waals surface area contributed by atoms with Crippen molar-refractivity contribution in [1.82, 2.24) is 14.8 Å². The fourth-order valence-corrected chi connectivity index (χ4v) is 3.10. The highest BCUT2D eigenvalue weighted by molar-refractivity contribution is 5.92. The van der Waals surface area contributed by atoms with Crippen molar-refractivity contribution in [2.45, 2.75) is 19.1 Å². The van der Waals surface area contributed by atoms with E-state index in [9.17, 15) is 4.79 Å². The molecule has 3 heterocycles. The first-order chi connectivity index (χ1) is 12.6. The van der Waals surface area contributed by atoms with Gasteiger partial charge in [0.25, 0.3) is 5.91 Å². The zero-order chi connectivity index (χ0) is 18.1. The molecule has 0 spiro atoms. The summed E-state index contributed by atoms with van der Waals surface area (Å²) in [6.45, 7) is 1.79. The summed E-state index contributed by atoms with van der Waals surface area (Å²) in [6, 6.07) is 5.72. The molecule has 1 amide bonds. The molecule has 26 heavy (non-hydrogen) atoms. The highest BCUT2D eigenvalue weighted by Crippen LogP contribution is 2.35. The van der Waals surface area contributed by atoms with Crippen molar-refractivity contribution < 1.29 is 23.4 Å². The lowest BCUT2D eigenvalue weighted by molar-refractivity contribution is 0.0777. The van der Waals surface area contributed by atoms with E-state index in [4.69, 9.17) is 18.6 Å². The quantitative estimate of drug-likeness (QED) is 0.805. The zero-order valence-corrected chi connectivity index (χ0v) is 14.8. The van der Waals surface area contributed by atoms with Gasteiger partial charge in [-0.1, -0.05) is 0 Å². The van der Waals surface area contributed by atoms with Gasteiger partial charge in [0.05, 0.1) is 0 Å². The number of oxazole rings is 1. The van der Waals surface area contributed by atoms with Gasteiger partial charge < -0.3 is 28.4 Å². The molecular formula is C18H21N3O5. The Bertz CT molecular complexity index is 804. The second-order valence-corrected chi connectivity index (χ2v) is 6.59. The number of benzene rings is 1. The van der Waals surface area contributed by atoms with E-state index in [1.807, 2.05) is 19.0 Å². The monoisotopic (exact) mass is 359 g/mol. The molecule has 0 aliphatic carbocycles. The minimum absolute atomic E-state index is 0.104. The molecule has 4 rings (SSSR count). The summed E-state index contributed by atoms with van der Waals surface area (Å²) < 4.78 is 21.6. The number of aromatic nitrogens is 1. The molecule has 0 unspecified atom stereocenters. The van der Waals surface area contributed by atoms with Gasteiger partial charge in [-0.3, -0.25) is 4.79 Å². The van der Waals surface area contributed by atoms with Gasteiger partial charge in [0, 0.05) is 25.2 Å². The molecule has 2 aliphatic heterocycles. The summed E-state index contributed by atoms with van der Waals surface area (Å²) in [6.07, 6.45) is 2.36. The molecule has 8 nitrogen and oxygen atoms in total. The molecule has 0 N–H and O–H groups in total. The average molecular weight is 359 g/mol. The van der Waals surface area contributed by atoms with E-state index in [0.717, 1.165) is 13.0 Å². The second kappa shape index (κ2) is 6.87. The normalized spacial score (nSPS) is 18.6. The number of carbonyl (C=O) groups excluding carboxylic acids is 1. The standard InChI is InChI=1S/C18H21N3O5/c1-20(2)12-5-6-21(8-12)18(22)14-9-24-17(19-14)10-23-13-3-4-15-16(7-13)26-11-25-15/h3-4,7,9,12H,5-6,8,10-11H2,1-2H3/t12-/m0/s1. The van der Waals surface area contributed by atoms with Crippen molar-refractivity contribution in [2.75, 3.05) is 34.0 Å². The van der Waals surface area contributed by atoms with Gasteiger partial charge in [-0.25, -0.2) is 4.98 Å². The Morgan fingerprint density at radius 1 is 1.35 bits per heavy atom. The van der Waals surface area contributed by atoms with Gasteiger partial charge in [-0.05, 0) is 32.6 Å². The summed E-state index contributed by atoms with van der Waals surface area (Å²) in [7, 11) is 4.06. The van der Waals surface area contributed by atoms with Crippen molar-refractivity contribution in [3.05, 3.63) is 36.0 Å². The van der Waals surface area contributed by atoms with Crippen LogP contribution in [0.3, 0.4) is 0 Å². The van der Waals surface area contributed by atoms with Gasteiger partial charge in [0.1, 0.15) is 12.0 Å². The first-order valence-electron chi connectivity index (χ1n) is 8.53. The Labute approximate surface area is 151 Å². The van der Waals surface area contributed by atoms with Crippen molar-refractivity contribution in [3.63, 3.8) is 0 Å². The zero-order valence-electron chi connectivity index (χ0n) is 14.8. The van der Waals surface area contributed by atoms with E-state index in [-0.39, 0.29) is 19.3 Å². The fraction of sp³-hybridized carbons (Fsp3) is 0.444. The van der Waals surface area contributed by atoms with Gasteiger partial charge in [-0.2, -0.15) is 0 Å². The maximum atomic E-state index is 12.5. The van der Waals surface area contributed by atoms with Crippen LogP contribution in [0.1, 0.15) is 22.8 Å². The minimum Gasteiger partial charge on any atom is -0.484 e. The number of ether oxygens (including phenoxy) is 3. The third-order valence-corrected chi connectivity index (χ3v) is 4.66. The minimum atomic E-state index is -0.104. The van der Waals surface area contributed by atoms with Gasteiger partial charge in [-0.15, -0.1) is 0 Å². The van der Waals surface area contributed by atoms with E-state index in [1.54, 1.807) is 18.2 Å². The lowest BCUT2D eigenvalue weighted by Crippen LogP contribution is -2.34. The van der Waals surface area contributed by atoms with Crippen molar-refractivity contribution in [2.24, 2.45) is 0 Å². The van der Waals surface area contributed by atoms with Crippen molar-refractivity contribution >= 4 is 5.91 Å². The summed E-state index contributed by atoms with van der Waals surface area (Å²) in [5.74, 6) is 2.22. The predicted molar refractivity (Wildman–Crippen MR) is 91.4 cm³/mol. The predicted octanol–water partition coefficient (Wildman–Crippen LogP) is 1.76. The van der Waals surface area contributed by atoms with E-state index < -0.39 is 0 Å². The van der Waals surface area contributed by atoms with Crippen LogP contribution in [0.2, 0.25) is 0 Å². The van der Waals surface area contributed by atoms with Crippen LogP contribution in [-0.4, -0.2) is 60.7 Å². The van der Waals surface area contributed by atoms with E-state index in [0.29, 0.717) is 41.4 Å². The Balaban J connectivity index is 1.35. The number of fused-ring (bicyclic) bond motifs is 1. The van der Waals surface area contributed by atoms with Crippen LogP contribution in [0.4, 0.5) is 0 Å². The number of hydrogen-bond acceptors (Lipinski definition) is 7. The van der Waals surface area contributed by atoms with E-state index in [1.165, 1.54) is 6.26 Å². The molecular weight excluding hydrogens is 338 g/mol. The van der Waals surface area contributed by atoms with E-state index >= 15 is 0 Å². The number of carbonyl (C=O) groups is 1. The summed E-state index contributed by atoms with van der Waals surface area (Å²) in [5, 5.41) is 0. The Morgan fingerprint density at radius 2 is 2.19 bits per heavy atom. The summed E-state index contributed by atoms with van der Waals surface area (Å²) in [4.78, 5) is 20.8. The van der Waals surface area contributed by atoms with Crippen LogP contribution < -0.4 is 14.2 Å². The first kappa shape index (κ1) is 16.7. The highest BCUT2D eigenvalue weighted by atomic mass is 16.7. The van der Waals surface area contributed by atoms with Crippen molar-refractivity contribution in [1.29, 1.82) is 0 Å². The molecule has 0 bridgehead atoms. The molecule has 2 aliphatic rings. The largest absolute Gasteiger partial charge is 0.484 e. The number of rotatable bonds is 5. The summed E-state index contributed by atoms with van der Waals surface area (Å²) >= 11 is 0. The molecule has 1 aromatic carbocycles. The molecule has 1 atom stereocenters. The third-order valence-electron chi connectivity index (χ3n) is 4.66. The lowest BCUT2D eigenvalue weighted by atomic mass is 10.2. The first-order valence-corrected chi connectivity index (χ1v) is 8.53. The number of amides is 1. The highest BCUT2D eigenvalue weighted by Gasteiger charge is 2.29. The van der Waals surface area contributed by atoms with Crippen LogP contribution in [0.5, 0.6) is 17.2 Å². The van der Waals surface area contributed by atoms with Crippen molar-refractivity contribution in [3.8, 4) is 17.2 Å². The maximum Gasteiger partial charge on any atom is 0.275 e. The van der Waals surface area contributed by atoms with Crippen LogP contribution >= 0.6 is 0 Å². The average Bonchev–Trinajstić information content (AvgIpc) is 3.38. The molecule has 8 heteroatoms. The van der Waals surface area contributed by atoms with Gasteiger partial charge in [0.15, 0.2) is 23.8 Å². The molecule has 1 saturated heterocycles. The molecule has 138 valence electrons. The number of likely N-dealkylation sites (N-methyl/N-ethyl adjacent to an activating group) is 1. The lowest BCUT2D eigenvalue weighted by Gasteiger charge is -2.19. The molecule has 1 aromatic heterocycles. The van der Waals surface area contributed by atoms with E-state index in [2.05, 4.69) is 9.88 Å². The topological polar surface area (TPSA) is 77.3 Å². The van der Waals surface area contributed by atoms with Crippen LogP contribution in [0, 0.1) is 0 Å².